The average molecular weight is 637 g/mol. The molecule has 0 aliphatic rings. The van der Waals surface area contributed by atoms with E-state index < -0.39 is 0 Å². The molecule has 0 unspecified atom stereocenters. The molecule has 0 aromatic rings. The van der Waals surface area contributed by atoms with Crippen molar-refractivity contribution >= 4 is 54.6 Å². The second-order valence-corrected chi connectivity index (χ2v) is 0. The molecule has 11 heteroatoms. The fourth-order valence-corrected chi connectivity index (χ4v) is 0. The summed E-state index contributed by atoms with van der Waals surface area (Å²) in [6, 6.07) is 0. The van der Waals surface area contributed by atoms with E-state index in [1.807, 2.05) is 0 Å². The molecule has 0 aromatic heterocycles. The van der Waals surface area contributed by atoms with Crippen LogP contribution in [0.3, 0.4) is 0 Å². The minimum absolute atomic E-state index is 0. The zero-order valence-corrected chi connectivity index (χ0v) is 16.9. The first-order valence-corrected chi connectivity index (χ1v) is 0. The van der Waals surface area contributed by atoms with Gasteiger partial charge in [-0.25, -0.2) is 0 Å². The Morgan fingerprint density at radius 1 is 0.364 bits per heavy atom. The largest absolute Gasteiger partial charge is 1.00 e. The van der Waals surface area contributed by atoms with Crippen molar-refractivity contribution in [2.75, 3.05) is 0 Å². The summed E-state index contributed by atoms with van der Waals surface area (Å²) in [6.45, 7) is 0. The molecular weight excluding hydrogens is 625 g/mol. The summed E-state index contributed by atoms with van der Waals surface area (Å²) >= 11 is 0. The first-order chi connectivity index (χ1) is 0. The van der Waals surface area contributed by atoms with E-state index in [2.05, 4.69) is 0 Å². The van der Waals surface area contributed by atoms with Crippen LogP contribution in [0.2, 0.25) is 0 Å². The van der Waals surface area contributed by atoms with Crippen LogP contribution in [-0.4, -0.2) is 92.9 Å². The van der Waals surface area contributed by atoms with Gasteiger partial charge >= 0.3 is 54.6 Å². The van der Waals surface area contributed by atoms with Gasteiger partial charge in [0.05, 0.1) is 0 Å². The third kappa shape index (κ3) is 206. The quantitative estimate of drug-likeness (QED) is 0.238. The Bertz CT molecular complexity index is 14.4. The Kier molecular flexibility index (Phi) is 7060. The number of rotatable bonds is 0. The van der Waals surface area contributed by atoms with Crippen LogP contribution in [0.5, 0.6) is 0 Å². The monoisotopic (exact) mass is 638 g/mol. The average Bonchev–Trinajstić information content (AvgIpc) is 0. The van der Waals surface area contributed by atoms with E-state index in [0.29, 0.717) is 0 Å². The first-order valence-electron chi connectivity index (χ1n) is 0. The second kappa shape index (κ2) is 247. The van der Waals surface area contributed by atoms with Crippen molar-refractivity contribution in [3.63, 3.8) is 0 Å². The Balaban J connectivity index is 0. The third-order valence-electron chi connectivity index (χ3n) is 0. The molecular formula is H12Cr2O7Tl2. The Morgan fingerprint density at radius 2 is 0.364 bits per heavy atom. The summed E-state index contributed by atoms with van der Waals surface area (Å²) in [5.41, 5.74) is 0. The van der Waals surface area contributed by atoms with Gasteiger partial charge in [0.15, 0.2) is 0 Å². The van der Waals surface area contributed by atoms with E-state index >= 15 is 0 Å². The number of hydrogen-bond acceptors (Lipinski definition) is 2. The van der Waals surface area contributed by atoms with Gasteiger partial charge in [-0.3, -0.25) is 0 Å². The van der Waals surface area contributed by atoms with Crippen molar-refractivity contribution < 1.29 is 73.1 Å². The number of hydrogen-bond donors (Lipinski definition) is 0. The van der Waals surface area contributed by atoms with Crippen LogP contribution >= 0.6 is 0 Å². The molecule has 0 spiro atoms. The van der Waals surface area contributed by atoms with Crippen molar-refractivity contribution in [3.05, 3.63) is 0 Å². The van der Waals surface area contributed by atoms with Crippen LogP contribution in [0, 0.1) is 0 Å². The minimum Gasteiger partial charge on any atom is -0.870 e. The van der Waals surface area contributed by atoms with Gasteiger partial charge in [-0.2, -0.15) is 0 Å². The van der Waals surface area contributed by atoms with Gasteiger partial charge in [0.1, 0.15) is 0 Å². The second-order valence-electron chi connectivity index (χ2n) is 0. The molecule has 0 heterocycles. The van der Waals surface area contributed by atoms with Gasteiger partial charge in [0.25, 0.3) is 0 Å². The molecule has 0 radical (unpaired) electrons. The maximum absolute atomic E-state index is 0. The summed E-state index contributed by atoms with van der Waals surface area (Å²) in [6.07, 6.45) is 0. The van der Waals surface area contributed by atoms with E-state index in [9.17, 15) is 0 Å². The predicted octanol–water partition coefficient (Wildman–Crippen LogP) is -5.24. The predicted molar refractivity (Wildman–Crippen MR) is 33.4 cm³/mol. The third-order valence-corrected chi connectivity index (χ3v) is 0. The van der Waals surface area contributed by atoms with Gasteiger partial charge in [0.2, 0.25) is 0 Å². The maximum Gasteiger partial charge on any atom is 1.00 e. The van der Waals surface area contributed by atoms with Crippen molar-refractivity contribution in [2.45, 2.75) is 0 Å². The molecule has 0 aromatic carbocycles. The zero-order chi connectivity index (χ0) is 0. The summed E-state index contributed by atoms with van der Waals surface area (Å²) in [7, 11) is 0. The first kappa shape index (κ1) is 314. The SMILES string of the molecule is O.O.O.O.O.[Cr].[Cr].[OH-].[OH-].[Tl+].[Tl+]. The Morgan fingerprint density at radius 3 is 0.364 bits per heavy atom. The molecule has 0 saturated carbocycles. The molecule has 0 saturated heterocycles. The molecule has 0 rings (SSSR count). The summed E-state index contributed by atoms with van der Waals surface area (Å²) in [5, 5.41) is 0. The fraction of sp³-hybridized carbons (Fsp3) is 0. The standard InChI is InChI=1S/2Cr.7H2O.2Tl/h;;7*1H2;;/q;;;;;;;;;2*+1/p-2. The minimum atomic E-state index is 0. The van der Waals surface area contributed by atoms with E-state index in [1.54, 1.807) is 0 Å². The van der Waals surface area contributed by atoms with Crippen LogP contribution in [-0.2, 0) is 34.7 Å². The van der Waals surface area contributed by atoms with Gasteiger partial charge in [0, 0.05) is 34.7 Å². The van der Waals surface area contributed by atoms with E-state index in [0.717, 1.165) is 0 Å². The molecule has 0 amide bonds. The fourth-order valence-electron chi connectivity index (χ4n) is 0. The van der Waals surface area contributed by atoms with Crippen molar-refractivity contribution in [1.29, 1.82) is 0 Å². The smallest absolute Gasteiger partial charge is 0.870 e. The Hall–Kier alpha value is 2.63. The van der Waals surface area contributed by atoms with Gasteiger partial charge in [-0.1, -0.05) is 0 Å². The molecule has 0 fully saturated rings. The summed E-state index contributed by atoms with van der Waals surface area (Å²) in [4.78, 5) is 0. The maximum atomic E-state index is 0. The van der Waals surface area contributed by atoms with Crippen molar-refractivity contribution in [2.24, 2.45) is 0 Å². The molecule has 7 nitrogen and oxygen atoms in total. The molecule has 0 atom stereocenters. The molecule has 0 aliphatic heterocycles. The van der Waals surface area contributed by atoms with Gasteiger partial charge in [-0.05, 0) is 0 Å². The van der Waals surface area contributed by atoms with Crippen LogP contribution in [0.1, 0.15) is 0 Å². The van der Waals surface area contributed by atoms with Crippen LogP contribution in [0.4, 0.5) is 0 Å². The molecule has 0 bridgehead atoms. The van der Waals surface area contributed by atoms with Crippen LogP contribution in [0.25, 0.3) is 0 Å². The van der Waals surface area contributed by atoms with Gasteiger partial charge < -0.3 is 38.3 Å². The van der Waals surface area contributed by atoms with Crippen molar-refractivity contribution in [1.82, 2.24) is 0 Å². The van der Waals surface area contributed by atoms with Crippen LogP contribution in [0.15, 0.2) is 0 Å². The van der Waals surface area contributed by atoms with E-state index in [1.165, 1.54) is 0 Å². The van der Waals surface area contributed by atoms with E-state index in [-0.39, 0.29) is 128 Å². The topological polar surface area (TPSA) is 218 Å². The summed E-state index contributed by atoms with van der Waals surface area (Å²) < 4.78 is 0. The van der Waals surface area contributed by atoms with Crippen LogP contribution < -0.4 is 0 Å². The van der Waals surface area contributed by atoms with Crippen molar-refractivity contribution in [3.8, 4) is 0 Å². The zero-order valence-electron chi connectivity index (χ0n) is 5.37. The van der Waals surface area contributed by atoms with Gasteiger partial charge in [-0.15, -0.1) is 0 Å². The van der Waals surface area contributed by atoms with E-state index in [4.69, 9.17) is 0 Å². The molecule has 12 N–H and O–H groups in total. The normalized spacial score (nSPS) is 0. The molecule has 72 valence electrons. The molecule has 11 heavy (non-hydrogen) atoms. The summed E-state index contributed by atoms with van der Waals surface area (Å²) in [5.74, 6) is 0. The molecule has 0 aliphatic carbocycles. The Labute approximate surface area is 126 Å².